The standard InChI is InChI=1S/C25H25N5O2S/c1-19-10-6-8-14-22(19)32-17-16-29(2)25(31)21-13-7-9-15-23(21)33-18-24-26-27-28-30(24)20-11-4-3-5-12-20/h3-15H,16-18H2,1-2H3. The minimum absolute atomic E-state index is 0.0471. The molecule has 0 aliphatic rings. The molecule has 1 aromatic heterocycles. The van der Waals surface area contributed by atoms with E-state index in [0.29, 0.717) is 30.3 Å². The number of likely N-dealkylation sites (N-methyl/N-ethyl adjacent to an activating group) is 1. The van der Waals surface area contributed by atoms with Crippen molar-refractivity contribution < 1.29 is 9.53 Å². The molecule has 0 bridgehead atoms. The van der Waals surface area contributed by atoms with Gasteiger partial charge in [0.05, 0.1) is 23.5 Å². The van der Waals surface area contributed by atoms with Crippen molar-refractivity contribution in [3.8, 4) is 11.4 Å². The summed E-state index contributed by atoms with van der Waals surface area (Å²) in [5.74, 6) is 2.04. The van der Waals surface area contributed by atoms with Crippen LogP contribution in [0.2, 0.25) is 0 Å². The maximum Gasteiger partial charge on any atom is 0.254 e. The first-order chi connectivity index (χ1) is 16.1. The average Bonchev–Trinajstić information content (AvgIpc) is 3.33. The van der Waals surface area contributed by atoms with E-state index in [2.05, 4.69) is 15.5 Å². The van der Waals surface area contributed by atoms with Gasteiger partial charge in [-0.25, -0.2) is 0 Å². The molecule has 1 amide bonds. The highest BCUT2D eigenvalue weighted by molar-refractivity contribution is 7.98. The van der Waals surface area contributed by atoms with Crippen molar-refractivity contribution in [2.75, 3.05) is 20.2 Å². The molecule has 0 atom stereocenters. The normalized spacial score (nSPS) is 10.7. The number of aromatic nitrogens is 4. The zero-order valence-electron chi connectivity index (χ0n) is 18.6. The minimum atomic E-state index is -0.0471. The number of carbonyl (C=O) groups is 1. The third-order valence-electron chi connectivity index (χ3n) is 5.13. The molecule has 0 saturated carbocycles. The summed E-state index contributed by atoms with van der Waals surface area (Å²) in [7, 11) is 1.79. The molecule has 3 aromatic carbocycles. The summed E-state index contributed by atoms with van der Waals surface area (Å²) in [5, 5.41) is 12.1. The lowest BCUT2D eigenvalue weighted by Gasteiger charge is -2.19. The van der Waals surface area contributed by atoms with Crippen molar-refractivity contribution in [2.45, 2.75) is 17.6 Å². The highest BCUT2D eigenvalue weighted by atomic mass is 32.2. The maximum atomic E-state index is 13.1. The summed E-state index contributed by atoms with van der Waals surface area (Å²) in [6.45, 7) is 2.92. The Kier molecular flexibility index (Phi) is 7.36. The summed E-state index contributed by atoms with van der Waals surface area (Å²) in [6.07, 6.45) is 0. The molecule has 4 aromatic rings. The second-order valence-electron chi connectivity index (χ2n) is 7.47. The molecule has 0 radical (unpaired) electrons. The molecule has 0 spiro atoms. The molecule has 0 fully saturated rings. The number of ether oxygens (including phenoxy) is 1. The van der Waals surface area contributed by atoms with Crippen LogP contribution in [0.3, 0.4) is 0 Å². The van der Waals surface area contributed by atoms with Gasteiger partial charge in [0, 0.05) is 11.9 Å². The number of carbonyl (C=O) groups excluding carboxylic acids is 1. The van der Waals surface area contributed by atoms with Gasteiger partial charge in [-0.1, -0.05) is 48.5 Å². The van der Waals surface area contributed by atoms with Gasteiger partial charge >= 0.3 is 0 Å². The van der Waals surface area contributed by atoms with E-state index in [1.54, 1.807) is 16.6 Å². The second-order valence-corrected chi connectivity index (χ2v) is 8.49. The number of hydrogen-bond acceptors (Lipinski definition) is 6. The second kappa shape index (κ2) is 10.8. The van der Waals surface area contributed by atoms with Gasteiger partial charge < -0.3 is 9.64 Å². The van der Waals surface area contributed by atoms with Crippen molar-refractivity contribution >= 4 is 17.7 Å². The molecule has 1 heterocycles. The van der Waals surface area contributed by atoms with E-state index in [9.17, 15) is 4.79 Å². The van der Waals surface area contributed by atoms with E-state index in [4.69, 9.17) is 4.74 Å². The van der Waals surface area contributed by atoms with Crippen LogP contribution in [-0.2, 0) is 5.75 Å². The van der Waals surface area contributed by atoms with Gasteiger partial charge in [0.1, 0.15) is 12.4 Å². The summed E-state index contributed by atoms with van der Waals surface area (Å²) >= 11 is 1.54. The number of amides is 1. The SMILES string of the molecule is Cc1ccccc1OCCN(C)C(=O)c1ccccc1SCc1nnnn1-c1ccccc1. The fraction of sp³-hybridized carbons (Fsp3) is 0.200. The first kappa shape index (κ1) is 22.5. The largest absolute Gasteiger partial charge is 0.491 e. The number of para-hydroxylation sites is 2. The van der Waals surface area contributed by atoms with Crippen LogP contribution in [0.25, 0.3) is 5.69 Å². The summed E-state index contributed by atoms with van der Waals surface area (Å²) in [5.41, 5.74) is 2.63. The van der Waals surface area contributed by atoms with Crippen LogP contribution in [0, 0.1) is 6.92 Å². The van der Waals surface area contributed by atoms with Gasteiger partial charge in [0.2, 0.25) is 0 Å². The zero-order chi connectivity index (χ0) is 23.0. The molecule has 0 aliphatic heterocycles. The van der Waals surface area contributed by atoms with Gasteiger partial charge in [0.25, 0.3) is 5.91 Å². The van der Waals surface area contributed by atoms with E-state index in [-0.39, 0.29) is 5.91 Å². The molecular formula is C25H25N5O2S. The fourth-order valence-corrected chi connectivity index (χ4v) is 4.25. The first-order valence-electron chi connectivity index (χ1n) is 10.6. The number of aryl methyl sites for hydroxylation is 1. The molecule has 0 aliphatic carbocycles. The molecule has 0 N–H and O–H groups in total. The molecule has 7 nitrogen and oxygen atoms in total. The third-order valence-corrected chi connectivity index (χ3v) is 6.20. The predicted molar refractivity (Wildman–Crippen MR) is 129 cm³/mol. The molecule has 33 heavy (non-hydrogen) atoms. The lowest BCUT2D eigenvalue weighted by Crippen LogP contribution is -2.31. The van der Waals surface area contributed by atoms with Gasteiger partial charge in [-0.05, 0) is 53.2 Å². The van der Waals surface area contributed by atoms with Crippen molar-refractivity contribution in [3.05, 3.63) is 95.8 Å². The molecule has 168 valence electrons. The van der Waals surface area contributed by atoms with E-state index in [1.807, 2.05) is 85.8 Å². The van der Waals surface area contributed by atoms with Crippen molar-refractivity contribution in [2.24, 2.45) is 0 Å². The number of benzene rings is 3. The van der Waals surface area contributed by atoms with Crippen molar-refractivity contribution in [1.82, 2.24) is 25.1 Å². The van der Waals surface area contributed by atoms with Crippen LogP contribution in [-0.4, -0.2) is 51.2 Å². The highest BCUT2D eigenvalue weighted by Crippen LogP contribution is 2.27. The topological polar surface area (TPSA) is 73.1 Å². The fourth-order valence-electron chi connectivity index (χ4n) is 3.30. The Labute approximate surface area is 197 Å². The van der Waals surface area contributed by atoms with E-state index < -0.39 is 0 Å². The average molecular weight is 460 g/mol. The summed E-state index contributed by atoms with van der Waals surface area (Å²) in [6, 6.07) is 25.2. The lowest BCUT2D eigenvalue weighted by molar-refractivity contribution is 0.0770. The Bertz CT molecular complexity index is 1210. The molecule has 0 saturated heterocycles. The van der Waals surface area contributed by atoms with Crippen LogP contribution in [0.1, 0.15) is 21.7 Å². The maximum absolute atomic E-state index is 13.1. The number of rotatable bonds is 9. The van der Waals surface area contributed by atoms with Crippen molar-refractivity contribution in [3.63, 3.8) is 0 Å². The number of thioether (sulfide) groups is 1. The van der Waals surface area contributed by atoms with Crippen LogP contribution in [0.5, 0.6) is 5.75 Å². The van der Waals surface area contributed by atoms with Crippen LogP contribution in [0.4, 0.5) is 0 Å². The predicted octanol–water partition coefficient (Wildman–Crippen LogP) is 4.41. The Morgan fingerprint density at radius 3 is 2.55 bits per heavy atom. The molecule has 4 rings (SSSR count). The Morgan fingerprint density at radius 2 is 1.73 bits per heavy atom. The monoisotopic (exact) mass is 459 g/mol. The van der Waals surface area contributed by atoms with Crippen LogP contribution < -0.4 is 4.74 Å². The quantitative estimate of drug-likeness (QED) is 0.345. The number of tetrazole rings is 1. The number of hydrogen-bond donors (Lipinski definition) is 0. The first-order valence-corrected chi connectivity index (χ1v) is 11.6. The van der Waals surface area contributed by atoms with E-state index in [0.717, 1.165) is 21.9 Å². The minimum Gasteiger partial charge on any atom is -0.491 e. The summed E-state index contributed by atoms with van der Waals surface area (Å²) < 4.78 is 7.57. The third kappa shape index (κ3) is 5.59. The van der Waals surface area contributed by atoms with Gasteiger partial charge in [0.15, 0.2) is 5.82 Å². The Morgan fingerprint density at radius 1 is 1.00 bits per heavy atom. The Hall–Kier alpha value is -3.65. The number of nitrogens with zero attached hydrogens (tertiary/aromatic N) is 5. The van der Waals surface area contributed by atoms with Gasteiger partial charge in [-0.2, -0.15) is 4.68 Å². The lowest BCUT2D eigenvalue weighted by atomic mass is 10.2. The highest BCUT2D eigenvalue weighted by Gasteiger charge is 2.17. The molecule has 8 heteroatoms. The molecule has 0 unspecified atom stereocenters. The van der Waals surface area contributed by atoms with Crippen LogP contribution in [0.15, 0.2) is 83.8 Å². The van der Waals surface area contributed by atoms with Gasteiger partial charge in [-0.15, -0.1) is 16.9 Å². The smallest absolute Gasteiger partial charge is 0.254 e. The van der Waals surface area contributed by atoms with Gasteiger partial charge in [-0.3, -0.25) is 4.79 Å². The van der Waals surface area contributed by atoms with Crippen LogP contribution >= 0.6 is 11.8 Å². The van der Waals surface area contributed by atoms with E-state index in [1.165, 1.54) is 11.8 Å². The zero-order valence-corrected chi connectivity index (χ0v) is 19.4. The molecular weight excluding hydrogens is 434 g/mol. The summed E-state index contributed by atoms with van der Waals surface area (Å²) in [4.78, 5) is 15.7. The Balaban J connectivity index is 1.40. The van der Waals surface area contributed by atoms with Crippen molar-refractivity contribution in [1.29, 1.82) is 0 Å². The van der Waals surface area contributed by atoms with E-state index >= 15 is 0 Å².